The van der Waals surface area contributed by atoms with Gasteiger partial charge in [0.05, 0.1) is 4.91 Å². The van der Waals surface area contributed by atoms with Crippen LogP contribution in [0, 0.1) is 30.1 Å². The average Bonchev–Trinajstić information content (AvgIpc) is 3.18. The van der Waals surface area contributed by atoms with Gasteiger partial charge in [0, 0.05) is 31.7 Å². The van der Waals surface area contributed by atoms with E-state index in [-0.39, 0.29) is 17.0 Å². The number of rotatable bonds is 14. The van der Waals surface area contributed by atoms with Crippen LogP contribution in [0.4, 0.5) is 5.82 Å². The first kappa shape index (κ1) is 32.4. The van der Waals surface area contributed by atoms with Crippen molar-refractivity contribution in [3.63, 3.8) is 0 Å². The normalized spacial score (nSPS) is 20.6. The molecule has 2 unspecified atom stereocenters. The standard InChI is InChI=1S/C32H48N4O2S2/c1-6-8-9-10-11-12-13-14-15-16-17-36-31(38)28(40-32(36)39)19-26-25(5)27(20-33)30(37)35(7-2)29(26)34-21-23(3)18-24(4)22-34/h19,23-24H,6-18,21-22H2,1-5H3/b28-19-. The minimum Gasteiger partial charge on any atom is -0.357 e. The Bertz CT molecular complexity index is 1170. The number of carbonyl (C=O) groups is 1. The molecule has 2 fully saturated rings. The minimum atomic E-state index is -0.256. The molecule has 2 aliphatic rings. The van der Waals surface area contributed by atoms with Crippen molar-refractivity contribution in [3.8, 4) is 6.07 Å². The van der Waals surface area contributed by atoms with Crippen molar-refractivity contribution < 1.29 is 4.79 Å². The van der Waals surface area contributed by atoms with E-state index in [0.29, 0.717) is 39.7 Å². The van der Waals surface area contributed by atoms with Crippen LogP contribution in [0.15, 0.2) is 9.70 Å². The van der Waals surface area contributed by atoms with Crippen LogP contribution in [-0.4, -0.2) is 39.3 Å². The fourth-order valence-corrected chi connectivity index (χ4v) is 7.49. The predicted molar refractivity (Wildman–Crippen MR) is 173 cm³/mol. The Kier molecular flexibility index (Phi) is 12.8. The number of thiocarbonyl (C=S) groups is 1. The summed E-state index contributed by atoms with van der Waals surface area (Å²) in [6.45, 7) is 13.3. The maximum absolute atomic E-state index is 13.5. The molecule has 2 atom stereocenters. The van der Waals surface area contributed by atoms with Gasteiger partial charge in [-0.05, 0) is 50.2 Å². The minimum absolute atomic E-state index is 0.0654. The van der Waals surface area contributed by atoms with Crippen molar-refractivity contribution in [2.45, 2.75) is 112 Å². The zero-order valence-corrected chi connectivity index (χ0v) is 26.9. The van der Waals surface area contributed by atoms with Gasteiger partial charge in [-0.15, -0.1) is 0 Å². The Hall–Kier alpha value is -2.11. The zero-order chi connectivity index (χ0) is 29.2. The number of carbonyl (C=O) groups excluding carboxylic acids is 1. The van der Waals surface area contributed by atoms with E-state index in [0.717, 1.165) is 43.7 Å². The lowest BCUT2D eigenvalue weighted by Gasteiger charge is -2.38. The van der Waals surface area contributed by atoms with Crippen LogP contribution in [0.2, 0.25) is 0 Å². The van der Waals surface area contributed by atoms with Gasteiger partial charge >= 0.3 is 0 Å². The van der Waals surface area contributed by atoms with Crippen LogP contribution in [0.3, 0.4) is 0 Å². The first-order chi connectivity index (χ1) is 19.2. The third-order valence-corrected chi connectivity index (χ3v) is 9.59. The number of aromatic nitrogens is 1. The Morgan fingerprint density at radius 2 is 1.55 bits per heavy atom. The molecule has 0 saturated carbocycles. The quantitative estimate of drug-likeness (QED) is 0.127. The van der Waals surface area contributed by atoms with Crippen LogP contribution in [0.1, 0.15) is 115 Å². The zero-order valence-electron chi connectivity index (χ0n) is 25.3. The van der Waals surface area contributed by atoms with Crippen LogP contribution < -0.4 is 10.5 Å². The van der Waals surface area contributed by atoms with Gasteiger partial charge in [-0.2, -0.15) is 5.26 Å². The second kappa shape index (κ2) is 15.8. The molecule has 0 aliphatic carbocycles. The summed E-state index contributed by atoms with van der Waals surface area (Å²) >= 11 is 6.96. The van der Waals surface area contributed by atoms with E-state index >= 15 is 0 Å². The van der Waals surface area contributed by atoms with Gasteiger partial charge in [0.15, 0.2) is 0 Å². The maximum Gasteiger partial charge on any atom is 0.270 e. The molecule has 0 bridgehead atoms. The average molecular weight is 585 g/mol. The van der Waals surface area contributed by atoms with Crippen LogP contribution in [0.25, 0.3) is 6.08 Å². The molecule has 8 heteroatoms. The fraction of sp³-hybridized carbons (Fsp3) is 0.688. The highest BCUT2D eigenvalue weighted by molar-refractivity contribution is 8.26. The molecule has 0 spiro atoms. The van der Waals surface area contributed by atoms with Crippen LogP contribution in [0.5, 0.6) is 0 Å². The maximum atomic E-state index is 13.5. The van der Waals surface area contributed by atoms with Crippen molar-refractivity contribution in [2.24, 2.45) is 11.8 Å². The molecule has 0 N–H and O–H groups in total. The smallest absolute Gasteiger partial charge is 0.270 e. The summed E-state index contributed by atoms with van der Waals surface area (Å²) in [5, 5.41) is 9.85. The lowest BCUT2D eigenvalue weighted by atomic mass is 9.91. The molecule has 6 nitrogen and oxygen atoms in total. The number of amides is 1. The molecule has 3 heterocycles. The number of hydrogen-bond donors (Lipinski definition) is 0. The number of pyridine rings is 1. The molecule has 2 saturated heterocycles. The van der Waals surface area contributed by atoms with Gasteiger partial charge in [0.25, 0.3) is 11.5 Å². The Morgan fingerprint density at radius 3 is 2.10 bits per heavy atom. The van der Waals surface area contributed by atoms with E-state index in [4.69, 9.17) is 12.2 Å². The summed E-state index contributed by atoms with van der Waals surface area (Å²) in [4.78, 5) is 31.4. The largest absolute Gasteiger partial charge is 0.357 e. The summed E-state index contributed by atoms with van der Waals surface area (Å²) < 4.78 is 2.31. The number of piperidine rings is 1. The van der Waals surface area contributed by atoms with Crippen molar-refractivity contribution >= 4 is 46.1 Å². The van der Waals surface area contributed by atoms with E-state index in [2.05, 4.69) is 31.7 Å². The van der Waals surface area contributed by atoms with Gasteiger partial charge in [-0.1, -0.05) is 103 Å². The molecule has 1 aromatic rings. The van der Waals surface area contributed by atoms with Gasteiger partial charge in [0.2, 0.25) is 0 Å². The van der Waals surface area contributed by atoms with Crippen molar-refractivity contribution in [2.75, 3.05) is 24.5 Å². The lowest BCUT2D eigenvalue weighted by molar-refractivity contribution is -0.122. The number of thioether (sulfide) groups is 1. The van der Waals surface area contributed by atoms with Gasteiger partial charge < -0.3 is 4.90 Å². The van der Waals surface area contributed by atoms with Gasteiger partial charge in [0.1, 0.15) is 21.8 Å². The van der Waals surface area contributed by atoms with Gasteiger partial charge in [-0.25, -0.2) is 0 Å². The summed E-state index contributed by atoms with van der Waals surface area (Å²) in [6, 6.07) is 2.13. The SMILES string of the molecule is CCCCCCCCCCCCN1C(=O)/C(=C/c2c(C)c(C#N)c(=O)n(CC)c2N2CC(C)CC(C)C2)SC1=S. The molecule has 3 rings (SSSR count). The third-order valence-electron chi connectivity index (χ3n) is 8.22. The third kappa shape index (κ3) is 8.00. The lowest BCUT2D eigenvalue weighted by Crippen LogP contribution is -2.42. The first-order valence-electron chi connectivity index (χ1n) is 15.4. The second-order valence-corrected chi connectivity index (χ2v) is 13.4. The monoisotopic (exact) mass is 584 g/mol. The van der Waals surface area contributed by atoms with E-state index in [1.165, 1.54) is 63.1 Å². The highest BCUT2D eigenvalue weighted by Gasteiger charge is 2.33. The summed E-state index contributed by atoms with van der Waals surface area (Å²) in [6.07, 6.45) is 15.5. The van der Waals surface area contributed by atoms with E-state index < -0.39 is 0 Å². The summed E-state index contributed by atoms with van der Waals surface area (Å²) in [5.41, 5.74) is 1.32. The first-order valence-corrected chi connectivity index (χ1v) is 16.6. The van der Waals surface area contributed by atoms with Crippen molar-refractivity contribution in [1.29, 1.82) is 5.26 Å². The Balaban J connectivity index is 1.76. The summed E-state index contributed by atoms with van der Waals surface area (Å²) in [7, 11) is 0. The number of nitrogens with zero attached hydrogens (tertiary/aromatic N) is 4. The molecule has 0 aromatic carbocycles. The van der Waals surface area contributed by atoms with E-state index in [1.807, 2.05) is 19.9 Å². The van der Waals surface area contributed by atoms with Crippen molar-refractivity contribution in [1.82, 2.24) is 9.47 Å². The van der Waals surface area contributed by atoms with Crippen molar-refractivity contribution in [3.05, 3.63) is 31.9 Å². The Labute approximate surface area is 251 Å². The molecular formula is C32H48N4O2S2. The van der Waals surface area contributed by atoms with E-state index in [9.17, 15) is 14.9 Å². The topological polar surface area (TPSA) is 69.3 Å². The fourth-order valence-electron chi connectivity index (χ4n) is 6.20. The highest BCUT2D eigenvalue weighted by Crippen LogP contribution is 2.37. The number of nitriles is 1. The highest BCUT2D eigenvalue weighted by atomic mass is 32.2. The molecule has 2 aliphatic heterocycles. The Morgan fingerprint density at radius 1 is 0.975 bits per heavy atom. The van der Waals surface area contributed by atoms with Crippen LogP contribution in [-0.2, 0) is 11.3 Å². The number of anilines is 1. The molecule has 0 radical (unpaired) electrons. The predicted octanol–water partition coefficient (Wildman–Crippen LogP) is 7.65. The molecular weight excluding hydrogens is 537 g/mol. The van der Waals surface area contributed by atoms with Crippen LogP contribution >= 0.6 is 24.0 Å². The molecule has 1 amide bonds. The number of unbranched alkanes of at least 4 members (excludes halogenated alkanes) is 9. The van der Waals surface area contributed by atoms with Gasteiger partial charge in [-0.3, -0.25) is 19.1 Å². The molecule has 40 heavy (non-hydrogen) atoms. The number of hydrogen-bond acceptors (Lipinski definition) is 6. The summed E-state index contributed by atoms with van der Waals surface area (Å²) in [5.74, 6) is 1.74. The van der Waals surface area contributed by atoms with E-state index in [1.54, 1.807) is 9.47 Å². The molecule has 1 aromatic heterocycles. The second-order valence-electron chi connectivity index (χ2n) is 11.8. The molecule has 220 valence electrons.